The molecule has 1 saturated heterocycles. The lowest BCUT2D eigenvalue weighted by atomic mass is 10.1. The second-order valence-electron chi connectivity index (χ2n) is 9.73. The lowest BCUT2D eigenvalue weighted by molar-refractivity contribution is -0.111. The Morgan fingerprint density at radius 3 is 2.84 bits per heavy atom. The van der Waals surface area contributed by atoms with Crippen molar-refractivity contribution in [1.82, 2.24) is 10.3 Å². The molecule has 11 heteroatoms. The third kappa shape index (κ3) is 7.40. The first-order chi connectivity index (χ1) is 20.9. The van der Waals surface area contributed by atoms with E-state index in [0.29, 0.717) is 69.8 Å². The summed E-state index contributed by atoms with van der Waals surface area (Å²) in [6.45, 7) is 1.59. The third-order valence-corrected chi connectivity index (χ3v) is 6.96. The Hall–Kier alpha value is -4.69. The fourth-order valence-electron chi connectivity index (χ4n) is 4.49. The molecule has 9 nitrogen and oxygen atoms in total. The number of carbonyl (C=O) groups is 1. The SMILES string of the molecule is CNCC=CC(=O)Nc1cc2c(Nc3ccc(OCc4ccccc4F)c(Cl)c3)c(C#N)cnc2cc1OC1CCOC1. The molecule has 1 atom stereocenters. The van der Waals surface area contributed by atoms with Gasteiger partial charge in [0.15, 0.2) is 0 Å². The predicted molar refractivity (Wildman–Crippen MR) is 163 cm³/mol. The number of hydrogen-bond donors (Lipinski definition) is 3. The van der Waals surface area contributed by atoms with Crippen molar-refractivity contribution in [3.05, 3.63) is 94.9 Å². The van der Waals surface area contributed by atoms with Crippen LogP contribution in [0, 0.1) is 17.1 Å². The highest BCUT2D eigenvalue weighted by Gasteiger charge is 2.21. The van der Waals surface area contributed by atoms with E-state index in [1.807, 2.05) is 0 Å². The van der Waals surface area contributed by atoms with Crippen molar-refractivity contribution in [2.75, 3.05) is 37.4 Å². The van der Waals surface area contributed by atoms with Gasteiger partial charge in [-0.2, -0.15) is 5.26 Å². The summed E-state index contributed by atoms with van der Waals surface area (Å²) in [6.07, 6.45) is 5.17. The Balaban J connectivity index is 1.46. The molecule has 1 aliphatic rings. The Labute approximate surface area is 253 Å². The maximum Gasteiger partial charge on any atom is 0.248 e. The molecule has 1 amide bonds. The van der Waals surface area contributed by atoms with Gasteiger partial charge in [-0.15, -0.1) is 0 Å². The van der Waals surface area contributed by atoms with E-state index in [9.17, 15) is 14.4 Å². The van der Waals surface area contributed by atoms with Crippen LogP contribution in [0.4, 0.5) is 21.5 Å². The summed E-state index contributed by atoms with van der Waals surface area (Å²) in [6, 6.07) is 17.1. The molecule has 0 bridgehead atoms. The normalized spacial score (nSPS) is 14.5. The van der Waals surface area contributed by atoms with Gasteiger partial charge in [-0.25, -0.2) is 4.39 Å². The maximum absolute atomic E-state index is 14.0. The molecule has 5 rings (SSSR count). The second kappa shape index (κ2) is 14.0. The summed E-state index contributed by atoms with van der Waals surface area (Å²) in [5, 5.41) is 19.9. The van der Waals surface area contributed by atoms with Gasteiger partial charge >= 0.3 is 0 Å². The number of likely N-dealkylation sites (N-methyl/N-ethyl adjacent to an activating group) is 1. The van der Waals surface area contributed by atoms with Crippen molar-refractivity contribution < 1.29 is 23.4 Å². The van der Waals surface area contributed by atoms with Crippen LogP contribution < -0.4 is 25.4 Å². The van der Waals surface area contributed by atoms with Crippen molar-refractivity contribution in [3.8, 4) is 17.6 Å². The van der Waals surface area contributed by atoms with Crippen LogP contribution in [0.15, 0.2) is 72.9 Å². The number of halogens is 2. The van der Waals surface area contributed by atoms with Crippen LogP contribution in [0.3, 0.4) is 0 Å². The molecule has 0 aliphatic carbocycles. The zero-order valence-corrected chi connectivity index (χ0v) is 24.1. The second-order valence-corrected chi connectivity index (χ2v) is 10.1. The van der Waals surface area contributed by atoms with Gasteiger partial charge in [-0.3, -0.25) is 9.78 Å². The van der Waals surface area contributed by atoms with Crippen LogP contribution in [0.1, 0.15) is 17.5 Å². The van der Waals surface area contributed by atoms with Crippen LogP contribution in [-0.4, -0.2) is 43.8 Å². The minimum atomic E-state index is -0.361. The Bertz CT molecular complexity index is 1700. The summed E-state index contributed by atoms with van der Waals surface area (Å²) in [7, 11) is 1.79. The van der Waals surface area contributed by atoms with Gasteiger partial charge in [0.1, 0.15) is 36.1 Å². The molecular weight excluding hydrogens is 573 g/mol. The molecule has 2 heterocycles. The number of fused-ring (bicyclic) bond motifs is 1. The van der Waals surface area contributed by atoms with Crippen molar-refractivity contribution in [3.63, 3.8) is 0 Å². The van der Waals surface area contributed by atoms with E-state index >= 15 is 0 Å². The summed E-state index contributed by atoms with van der Waals surface area (Å²) in [5.41, 5.74) is 2.72. The molecule has 220 valence electrons. The number of aromatic nitrogens is 1. The zero-order valence-electron chi connectivity index (χ0n) is 23.3. The zero-order chi connectivity index (χ0) is 30.2. The van der Waals surface area contributed by atoms with E-state index in [-0.39, 0.29) is 30.0 Å². The predicted octanol–water partition coefficient (Wildman–Crippen LogP) is 6.10. The number of rotatable bonds is 11. The molecule has 0 radical (unpaired) electrons. The number of ether oxygens (including phenoxy) is 3. The quantitative estimate of drug-likeness (QED) is 0.176. The summed E-state index contributed by atoms with van der Waals surface area (Å²) >= 11 is 6.51. The monoisotopic (exact) mass is 601 g/mol. The lowest BCUT2D eigenvalue weighted by Gasteiger charge is -2.19. The summed E-state index contributed by atoms with van der Waals surface area (Å²) in [5.74, 6) is 0.129. The molecule has 1 aliphatic heterocycles. The smallest absolute Gasteiger partial charge is 0.248 e. The van der Waals surface area contributed by atoms with Gasteiger partial charge in [-0.1, -0.05) is 35.9 Å². The number of amides is 1. The first-order valence-electron chi connectivity index (χ1n) is 13.6. The maximum atomic E-state index is 14.0. The number of nitrogens with one attached hydrogen (secondary N) is 3. The number of nitriles is 1. The van der Waals surface area contributed by atoms with Gasteiger partial charge in [0, 0.05) is 47.9 Å². The van der Waals surface area contributed by atoms with E-state index in [1.165, 1.54) is 18.3 Å². The molecule has 0 spiro atoms. The molecule has 0 saturated carbocycles. The molecule has 3 N–H and O–H groups in total. The fourth-order valence-corrected chi connectivity index (χ4v) is 4.72. The van der Waals surface area contributed by atoms with Crippen molar-refractivity contribution in [2.24, 2.45) is 0 Å². The van der Waals surface area contributed by atoms with Gasteiger partial charge in [0.25, 0.3) is 0 Å². The van der Waals surface area contributed by atoms with Gasteiger partial charge in [0.05, 0.1) is 40.7 Å². The lowest BCUT2D eigenvalue weighted by Crippen LogP contribution is -2.18. The molecule has 43 heavy (non-hydrogen) atoms. The molecule has 3 aromatic carbocycles. The summed E-state index contributed by atoms with van der Waals surface area (Å²) in [4.78, 5) is 17.2. The van der Waals surface area contributed by atoms with E-state index < -0.39 is 0 Å². The highest BCUT2D eigenvalue weighted by atomic mass is 35.5. The molecule has 1 unspecified atom stereocenters. The average Bonchev–Trinajstić information content (AvgIpc) is 3.51. The van der Waals surface area contributed by atoms with Crippen molar-refractivity contribution in [1.29, 1.82) is 5.26 Å². The largest absolute Gasteiger partial charge is 0.487 e. The number of benzene rings is 3. The van der Waals surface area contributed by atoms with E-state index in [1.54, 1.807) is 61.7 Å². The van der Waals surface area contributed by atoms with Crippen LogP contribution >= 0.6 is 11.6 Å². The Morgan fingerprint density at radius 2 is 2.09 bits per heavy atom. The Kier molecular flexibility index (Phi) is 9.69. The van der Waals surface area contributed by atoms with Crippen LogP contribution in [0.25, 0.3) is 10.9 Å². The number of hydrogen-bond acceptors (Lipinski definition) is 8. The minimum absolute atomic E-state index is 0.0166. The average molecular weight is 602 g/mol. The first kappa shape index (κ1) is 29.8. The third-order valence-electron chi connectivity index (χ3n) is 6.66. The molecule has 1 aromatic heterocycles. The highest BCUT2D eigenvalue weighted by molar-refractivity contribution is 6.32. The minimum Gasteiger partial charge on any atom is -0.487 e. The first-order valence-corrected chi connectivity index (χ1v) is 14.0. The number of nitrogens with zero attached hydrogens (tertiary/aromatic N) is 2. The van der Waals surface area contributed by atoms with Crippen molar-refractivity contribution >= 4 is 45.5 Å². The van der Waals surface area contributed by atoms with E-state index in [2.05, 4.69) is 27.0 Å². The van der Waals surface area contributed by atoms with Crippen LogP contribution in [-0.2, 0) is 16.1 Å². The number of pyridine rings is 1. The van der Waals surface area contributed by atoms with Gasteiger partial charge in [0.2, 0.25) is 5.91 Å². The Morgan fingerprint density at radius 1 is 1.23 bits per heavy atom. The number of anilines is 3. The van der Waals surface area contributed by atoms with E-state index in [4.69, 9.17) is 25.8 Å². The highest BCUT2D eigenvalue weighted by Crippen LogP contribution is 2.38. The van der Waals surface area contributed by atoms with Gasteiger partial charge in [-0.05, 0) is 37.4 Å². The fraction of sp³-hybridized carbons (Fsp3) is 0.219. The van der Waals surface area contributed by atoms with Crippen LogP contribution in [0.2, 0.25) is 5.02 Å². The van der Waals surface area contributed by atoms with Crippen LogP contribution in [0.5, 0.6) is 11.5 Å². The summed E-state index contributed by atoms with van der Waals surface area (Å²) < 4.78 is 31.4. The molecular formula is C32H29ClFN5O4. The van der Waals surface area contributed by atoms with E-state index in [0.717, 1.165) is 6.42 Å². The van der Waals surface area contributed by atoms with Gasteiger partial charge < -0.3 is 30.2 Å². The molecule has 1 fully saturated rings. The standard InChI is InChI=1S/C32H29ClFN5O4/c1-36-11-4-7-31(40)39-28-14-24-27(15-30(28)43-23-10-12-41-19-23)37-17-21(16-35)32(24)38-22-8-9-29(25(33)13-22)42-18-20-5-2-3-6-26(20)34/h2-9,13-15,17,23,36H,10-12,18-19H2,1H3,(H,37,38)(H,39,40). The topological polar surface area (TPSA) is 118 Å². The molecule has 4 aromatic rings. The number of carbonyl (C=O) groups excluding carboxylic acids is 1. The van der Waals surface area contributed by atoms with Crippen molar-refractivity contribution in [2.45, 2.75) is 19.1 Å².